The minimum Gasteiger partial charge on any atom is -0.285 e. The van der Waals surface area contributed by atoms with E-state index in [4.69, 9.17) is 4.55 Å². The van der Waals surface area contributed by atoms with E-state index in [0.29, 0.717) is 6.42 Å². The van der Waals surface area contributed by atoms with Crippen LogP contribution >= 0.6 is 0 Å². The van der Waals surface area contributed by atoms with Crippen LogP contribution in [0, 0.1) is 0 Å². The summed E-state index contributed by atoms with van der Waals surface area (Å²) >= 11 is 0. The molecule has 0 aliphatic carbocycles. The normalized spacial score (nSPS) is 15.9. The Morgan fingerprint density at radius 2 is 1.80 bits per heavy atom. The van der Waals surface area contributed by atoms with Crippen LogP contribution in [-0.2, 0) is 10.1 Å². The molecule has 1 aromatic rings. The molecular weight excluding hydrogens is 212 g/mol. The van der Waals surface area contributed by atoms with Crippen molar-refractivity contribution in [1.82, 2.24) is 0 Å². The van der Waals surface area contributed by atoms with Crippen LogP contribution < -0.4 is 0 Å². The minimum atomic E-state index is -3.96. The van der Waals surface area contributed by atoms with Crippen molar-refractivity contribution < 1.29 is 13.0 Å². The molecule has 0 bridgehead atoms. The molecule has 0 heterocycles. The molecule has 0 radical (unpaired) electrons. The fourth-order valence-electron chi connectivity index (χ4n) is 1.79. The third-order valence-corrected chi connectivity index (χ3v) is 4.17. The molecule has 1 rings (SSSR count). The van der Waals surface area contributed by atoms with E-state index in [-0.39, 0.29) is 5.92 Å². The molecule has 15 heavy (non-hydrogen) atoms. The van der Waals surface area contributed by atoms with Crippen LogP contribution in [0.2, 0.25) is 0 Å². The molecule has 0 amide bonds. The number of hydrogen-bond acceptors (Lipinski definition) is 2. The van der Waals surface area contributed by atoms with Crippen molar-refractivity contribution in [2.45, 2.75) is 31.4 Å². The Morgan fingerprint density at radius 3 is 2.20 bits per heavy atom. The van der Waals surface area contributed by atoms with E-state index in [2.05, 4.69) is 0 Å². The van der Waals surface area contributed by atoms with Gasteiger partial charge in [-0.2, -0.15) is 8.42 Å². The second kappa shape index (κ2) is 4.77. The molecule has 0 aliphatic rings. The first kappa shape index (κ1) is 12.2. The summed E-state index contributed by atoms with van der Waals surface area (Å²) in [4.78, 5) is 0. The third-order valence-electron chi connectivity index (χ3n) is 2.67. The summed E-state index contributed by atoms with van der Waals surface area (Å²) in [6, 6.07) is 9.35. The topological polar surface area (TPSA) is 54.4 Å². The van der Waals surface area contributed by atoms with Gasteiger partial charge in [-0.1, -0.05) is 44.2 Å². The van der Waals surface area contributed by atoms with Gasteiger partial charge in [0.15, 0.2) is 0 Å². The Labute approximate surface area is 90.9 Å². The minimum absolute atomic E-state index is 0.189. The Balaban J connectivity index is 2.98. The van der Waals surface area contributed by atoms with Crippen LogP contribution in [0.1, 0.15) is 31.7 Å². The zero-order valence-electron chi connectivity index (χ0n) is 8.92. The van der Waals surface area contributed by atoms with E-state index < -0.39 is 15.4 Å². The van der Waals surface area contributed by atoms with Gasteiger partial charge < -0.3 is 0 Å². The van der Waals surface area contributed by atoms with Crippen molar-refractivity contribution in [2.24, 2.45) is 0 Å². The summed E-state index contributed by atoms with van der Waals surface area (Å²) in [5, 5.41) is -0.722. The van der Waals surface area contributed by atoms with E-state index in [1.54, 1.807) is 6.92 Å². The lowest BCUT2D eigenvalue weighted by Gasteiger charge is -2.19. The fourth-order valence-corrected chi connectivity index (χ4v) is 2.89. The lowest BCUT2D eigenvalue weighted by Crippen LogP contribution is -2.25. The van der Waals surface area contributed by atoms with Gasteiger partial charge in [-0.25, -0.2) is 0 Å². The molecule has 0 saturated heterocycles. The van der Waals surface area contributed by atoms with E-state index in [1.807, 2.05) is 37.3 Å². The maximum absolute atomic E-state index is 11.1. The van der Waals surface area contributed by atoms with Crippen LogP contribution in [0.15, 0.2) is 30.3 Å². The summed E-state index contributed by atoms with van der Waals surface area (Å²) in [5.74, 6) is -0.189. The quantitative estimate of drug-likeness (QED) is 0.805. The molecule has 84 valence electrons. The predicted octanol–water partition coefficient (Wildman–Crippen LogP) is 2.46. The van der Waals surface area contributed by atoms with Gasteiger partial charge in [-0.05, 0) is 12.0 Å². The van der Waals surface area contributed by atoms with Crippen molar-refractivity contribution in [3.8, 4) is 0 Å². The van der Waals surface area contributed by atoms with Gasteiger partial charge in [0, 0.05) is 5.92 Å². The average molecular weight is 228 g/mol. The zero-order chi connectivity index (χ0) is 11.5. The number of hydrogen-bond donors (Lipinski definition) is 1. The van der Waals surface area contributed by atoms with Crippen molar-refractivity contribution >= 4 is 10.1 Å². The zero-order valence-corrected chi connectivity index (χ0v) is 9.74. The molecule has 0 spiro atoms. The third kappa shape index (κ3) is 3.04. The molecule has 2 unspecified atom stereocenters. The first-order valence-electron chi connectivity index (χ1n) is 4.98. The Kier molecular flexibility index (Phi) is 3.88. The highest BCUT2D eigenvalue weighted by atomic mass is 32.2. The summed E-state index contributed by atoms with van der Waals surface area (Å²) in [7, 11) is -3.96. The molecule has 0 aromatic heterocycles. The van der Waals surface area contributed by atoms with E-state index in [9.17, 15) is 8.42 Å². The van der Waals surface area contributed by atoms with Gasteiger partial charge in [-0.3, -0.25) is 4.55 Å². The molecule has 4 heteroatoms. The Morgan fingerprint density at radius 1 is 1.27 bits per heavy atom. The average Bonchev–Trinajstić information content (AvgIpc) is 2.18. The molecule has 0 saturated carbocycles. The molecule has 2 atom stereocenters. The molecule has 1 N–H and O–H groups in total. The second-order valence-corrected chi connectivity index (χ2v) is 5.30. The highest BCUT2D eigenvalue weighted by Gasteiger charge is 2.28. The van der Waals surface area contributed by atoms with Crippen LogP contribution in [0.4, 0.5) is 0 Å². The van der Waals surface area contributed by atoms with Crippen LogP contribution in [0.5, 0.6) is 0 Å². The summed E-state index contributed by atoms with van der Waals surface area (Å²) in [6.07, 6.45) is 0.412. The summed E-state index contributed by atoms with van der Waals surface area (Å²) in [5.41, 5.74) is 0.932. The lowest BCUT2D eigenvalue weighted by atomic mass is 9.96. The van der Waals surface area contributed by atoms with Gasteiger partial charge >= 0.3 is 0 Å². The molecule has 0 aliphatic heterocycles. The Bertz CT molecular complexity index is 397. The van der Waals surface area contributed by atoms with Gasteiger partial charge in [0.2, 0.25) is 0 Å². The highest BCUT2D eigenvalue weighted by molar-refractivity contribution is 7.86. The lowest BCUT2D eigenvalue weighted by molar-refractivity contribution is 0.452. The fraction of sp³-hybridized carbons (Fsp3) is 0.455. The highest BCUT2D eigenvalue weighted by Crippen LogP contribution is 2.25. The molecular formula is C11H16O3S. The SMILES string of the molecule is CCC(C(C)c1ccccc1)S(=O)(=O)O. The summed E-state index contributed by atoms with van der Waals surface area (Å²) < 4.78 is 31.3. The van der Waals surface area contributed by atoms with Crippen molar-refractivity contribution in [1.29, 1.82) is 0 Å². The van der Waals surface area contributed by atoms with Gasteiger partial charge in [0.05, 0.1) is 5.25 Å². The standard InChI is InChI=1S/C11H16O3S/c1-3-11(15(12,13)14)9(2)10-7-5-4-6-8-10/h4-9,11H,3H2,1-2H3,(H,12,13,14). The van der Waals surface area contributed by atoms with Crippen LogP contribution in [0.3, 0.4) is 0 Å². The van der Waals surface area contributed by atoms with Gasteiger partial charge in [0.1, 0.15) is 0 Å². The first-order valence-corrected chi connectivity index (χ1v) is 6.48. The van der Waals surface area contributed by atoms with Crippen LogP contribution in [0.25, 0.3) is 0 Å². The number of rotatable bonds is 4. The van der Waals surface area contributed by atoms with Crippen LogP contribution in [-0.4, -0.2) is 18.2 Å². The molecule has 0 fully saturated rings. The van der Waals surface area contributed by atoms with E-state index in [1.165, 1.54) is 0 Å². The smallest absolute Gasteiger partial charge is 0.268 e. The number of benzene rings is 1. The van der Waals surface area contributed by atoms with Crippen molar-refractivity contribution in [3.63, 3.8) is 0 Å². The molecule has 3 nitrogen and oxygen atoms in total. The van der Waals surface area contributed by atoms with E-state index >= 15 is 0 Å². The van der Waals surface area contributed by atoms with Gasteiger partial charge in [-0.15, -0.1) is 0 Å². The first-order chi connectivity index (χ1) is 6.96. The largest absolute Gasteiger partial charge is 0.285 e. The maximum atomic E-state index is 11.1. The van der Waals surface area contributed by atoms with Crippen molar-refractivity contribution in [3.05, 3.63) is 35.9 Å². The molecule has 1 aromatic carbocycles. The summed E-state index contributed by atoms with van der Waals surface area (Å²) in [6.45, 7) is 3.58. The van der Waals surface area contributed by atoms with E-state index in [0.717, 1.165) is 5.56 Å². The maximum Gasteiger partial charge on any atom is 0.268 e. The monoisotopic (exact) mass is 228 g/mol. The predicted molar refractivity (Wildman–Crippen MR) is 60.5 cm³/mol. The Hall–Kier alpha value is -0.870. The second-order valence-electron chi connectivity index (χ2n) is 3.66. The van der Waals surface area contributed by atoms with Gasteiger partial charge in [0.25, 0.3) is 10.1 Å². The van der Waals surface area contributed by atoms with Crippen molar-refractivity contribution in [2.75, 3.05) is 0 Å².